The number of nitrogen functional groups attached to an aromatic ring is 1. The van der Waals surface area contributed by atoms with Gasteiger partial charge in [-0.1, -0.05) is 18.7 Å². The van der Waals surface area contributed by atoms with Crippen LogP contribution in [0.25, 0.3) is 0 Å². The Hall–Kier alpha value is -2.55. The minimum atomic E-state index is -0.552. The van der Waals surface area contributed by atoms with E-state index in [1.54, 1.807) is 35.8 Å². The summed E-state index contributed by atoms with van der Waals surface area (Å²) in [6, 6.07) is 6.31. The molecule has 4 N–H and O–H groups in total. The molecule has 1 aromatic heterocycles. The second kappa shape index (κ2) is 7.82. The molecule has 0 aliphatic carbocycles. The highest BCUT2D eigenvalue weighted by Gasteiger charge is 2.22. The Morgan fingerprint density at radius 1 is 1.21 bits per heavy atom. The van der Waals surface area contributed by atoms with Crippen LogP contribution in [-0.2, 0) is 9.59 Å². The zero-order chi connectivity index (χ0) is 17.7. The minimum Gasteiger partial charge on any atom is -0.368 e. The number of nitrogens with two attached hydrogens (primary N) is 1. The molecule has 24 heavy (non-hydrogen) atoms. The Labute approximate surface area is 144 Å². The van der Waals surface area contributed by atoms with E-state index in [9.17, 15) is 9.59 Å². The van der Waals surface area contributed by atoms with Gasteiger partial charge in [0.15, 0.2) is 5.16 Å². The molecule has 2 amide bonds. The number of thioether (sulfide) groups is 1. The second-order valence-corrected chi connectivity index (χ2v) is 6.30. The van der Waals surface area contributed by atoms with Gasteiger partial charge >= 0.3 is 0 Å². The Morgan fingerprint density at radius 3 is 2.33 bits per heavy atom. The number of anilines is 3. The predicted octanol–water partition coefficient (Wildman–Crippen LogP) is 2.13. The van der Waals surface area contributed by atoms with Gasteiger partial charge in [-0.2, -0.15) is 0 Å². The van der Waals surface area contributed by atoms with E-state index in [1.165, 1.54) is 18.7 Å². The number of carbonyl (C=O) groups excluding carboxylic acids is 2. The summed E-state index contributed by atoms with van der Waals surface area (Å²) in [5, 5.41) is 13.9. The SMILES string of the molecule is CCSc1nnc(N)n1C(C)C(=O)Nc1ccc(NC(C)=O)cc1. The highest BCUT2D eigenvalue weighted by molar-refractivity contribution is 7.99. The van der Waals surface area contributed by atoms with E-state index in [4.69, 9.17) is 5.73 Å². The molecule has 0 aliphatic rings. The molecular formula is C15H20N6O2S. The first-order valence-electron chi connectivity index (χ1n) is 7.44. The fourth-order valence-electron chi connectivity index (χ4n) is 2.08. The highest BCUT2D eigenvalue weighted by Crippen LogP contribution is 2.24. The van der Waals surface area contributed by atoms with Crippen molar-refractivity contribution in [1.29, 1.82) is 0 Å². The summed E-state index contributed by atoms with van der Waals surface area (Å²) in [6.07, 6.45) is 0. The van der Waals surface area contributed by atoms with Gasteiger partial charge in [0.25, 0.3) is 0 Å². The molecule has 2 aromatic rings. The van der Waals surface area contributed by atoms with Gasteiger partial charge in [-0.05, 0) is 36.9 Å². The Morgan fingerprint density at radius 2 is 1.79 bits per heavy atom. The number of amides is 2. The van der Waals surface area contributed by atoms with Gasteiger partial charge in [-0.25, -0.2) is 0 Å². The third kappa shape index (κ3) is 4.25. The molecule has 0 radical (unpaired) electrons. The Kier molecular flexibility index (Phi) is 5.80. The number of aromatic nitrogens is 3. The van der Waals surface area contributed by atoms with Crippen LogP contribution in [0.4, 0.5) is 17.3 Å². The van der Waals surface area contributed by atoms with Crippen LogP contribution in [0.1, 0.15) is 26.8 Å². The lowest BCUT2D eigenvalue weighted by Gasteiger charge is -2.16. The molecule has 9 heteroatoms. The Balaban J connectivity index is 2.09. The van der Waals surface area contributed by atoms with E-state index in [0.29, 0.717) is 16.5 Å². The second-order valence-electron chi connectivity index (χ2n) is 5.07. The van der Waals surface area contributed by atoms with E-state index in [0.717, 1.165) is 5.75 Å². The smallest absolute Gasteiger partial charge is 0.247 e. The molecule has 1 heterocycles. The lowest BCUT2D eigenvalue weighted by molar-refractivity contribution is -0.119. The maximum absolute atomic E-state index is 12.5. The summed E-state index contributed by atoms with van der Waals surface area (Å²) < 4.78 is 1.61. The first-order valence-corrected chi connectivity index (χ1v) is 8.42. The molecule has 1 unspecified atom stereocenters. The molecule has 128 valence electrons. The van der Waals surface area contributed by atoms with Crippen molar-refractivity contribution in [2.75, 3.05) is 22.1 Å². The maximum atomic E-state index is 12.5. The topological polar surface area (TPSA) is 115 Å². The highest BCUT2D eigenvalue weighted by atomic mass is 32.2. The van der Waals surface area contributed by atoms with E-state index in [-0.39, 0.29) is 17.8 Å². The number of nitrogens with zero attached hydrogens (tertiary/aromatic N) is 3. The van der Waals surface area contributed by atoms with Crippen LogP contribution in [0, 0.1) is 0 Å². The van der Waals surface area contributed by atoms with Gasteiger partial charge in [-0.3, -0.25) is 14.2 Å². The monoisotopic (exact) mass is 348 g/mol. The summed E-state index contributed by atoms with van der Waals surface area (Å²) in [6.45, 7) is 5.16. The molecule has 0 spiro atoms. The average Bonchev–Trinajstić information content (AvgIpc) is 2.89. The summed E-state index contributed by atoms with van der Waals surface area (Å²) in [7, 11) is 0. The van der Waals surface area contributed by atoms with Gasteiger partial charge in [0.1, 0.15) is 6.04 Å². The van der Waals surface area contributed by atoms with Crippen LogP contribution in [0.5, 0.6) is 0 Å². The molecular weight excluding hydrogens is 328 g/mol. The van der Waals surface area contributed by atoms with Crippen molar-refractivity contribution in [2.45, 2.75) is 32.0 Å². The van der Waals surface area contributed by atoms with Crippen molar-refractivity contribution in [2.24, 2.45) is 0 Å². The van der Waals surface area contributed by atoms with Crippen molar-refractivity contribution in [3.63, 3.8) is 0 Å². The molecule has 0 saturated carbocycles. The molecule has 8 nitrogen and oxygen atoms in total. The number of carbonyl (C=O) groups is 2. The fourth-order valence-corrected chi connectivity index (χ4v) is 2.83. The van der Waals surface area contributed by atoms with Gasteiger partial charge in [0, 0.05) is 18.3 Å². The quantitative estimate of drug-likeness (QED) is 0.689. The van der Waals surface area contributed by atoms with E-state index in [1.807, 2.05) is 6.92 Å². The van der Waals surface area contributed by atoms with Gasteiger partial charge in [0.05, 0.1) is 0 Å². The summed E-state index contributed by atoms with van der Waals surface area (Å²) in [4.78, 5) is 23.5. The van der Waals surface area contributed by atoms with Gasteiger partial charge in [-0.15, -0.1) is 10.2 Å². The average molecular weight is 348 g/mol. The summed E-state index contributed by atoms with van der Waals surface area (Å²) >= 11 is 1.47. The minimum absolute atomic E-state index is 0.149. The summed E-state index contributed by atoms with van der Waals surface area (Å²) in [5.74, 6) is 0.627. The van der Waals surface area contributed by atoms with Crippen molar-refractivity contribution < 1.29 is 9.59 Å². The van der Waals surface area contributed by atoms with Crippen molar-refractivity contribution >= 4 is 40.9 Å². The zero-order valence-electron chi connectivity index (χ0n) is 13.7. The van der Waals surface area contributed by atoms with Gasteiger partial charge < -0.3 is 16.4 Å². The number of hydrogen-bond donors (Lipinski definition) is 3. The largest absolute Gasteiger partial charge is 0.368 e. The molecule has 0 fully saturated rings. The van der Waals surface area contributed by atoms with Crippen LogP contribution < -0.4 is 16.4 Å². The van der Waals surface area contributed by atoms with Crippen LogP contribution in [0.15, 0.2) is 29.4 Å². The van der Waals surface area contributed by atoms with E-state index in [2.05, 4.69) is 20.8 Å². The maximum Gasteiger partial charge on any atom is 0.247 e. The predicted molar refractivity (Wildman–Crippen MR) is 94.9 cm³/mol. The van der Waals surface area contributed by atoms with Crippen molar-refractivity contribution in [1.82, 2.24) is 14.8 Å². The first-order chi connectivity index (χ1) is 11.4. The molecule has 1 aromatic carbocycles. The molecule has 1 atom stereocenters. The normalized spacial score (nSPS) is 11.8. The number of rotatable bonds is 6. The van der Waals surface area contributed by atoms with Crippen LogP contribution in [0.2, 0.25) is 0 Å². The lowest BCUT2D eigenvalue weighted by Crippen LogP contribution is -2.25. The standard InChI is InChI=1S/C15H20N6O2S/c1-4-24-15-20-19-14(16)21(15)9(2)13(23)18-12-7-5-11(6-8-12)17-10(3)22/h5-9H,4H2,1-3H3,(H2,16,19)(H,17,22)(H,18,23). The van der Waals surface area contributed by atoms with Crippen LogP contribution in [-0.4, -0.2) is 32.3 Å². The van der Waals surface area contributed by atoms with Crippen molar-refractivity contribution in [3.05, 3.63) is 24.3 Å². The van der Waals surface area contributed by atoms with E-state index < -0.39 is 6.04 Å². The lowest BCUT2D eigenvalue weighted by atomic mass is 10.2. The number of hydrogen-bond acceptors (Lipinski definition) is 6. The number of nitrogens with one attached hydrogen (secondary N) is 2. The Bertz CT molecular complexity index is 728. The fraction of sp³-hybridized carbons (Fsp3) is 0.333. The van der Waals surface area contributed by atoms with Crippen LogP contribution >= 0.6 is 11.8 Å². The molecule has 0 bridgehead atoms. The number of benzene rings is 1. The van der Waals surface area contributed by atoms with Crippen LogP contribution in [0.3, 0.4) is 0 Å². The molecule has 2 rings (SSSR count). The zero-order valence-corrected chi connectivity index (χ0v) is 14.6. The van der Waals surface area contributed by atoms with Gasteiger partial charge in [0.2, 0.25) is 17.8 Å². The third-order valence-electron chi connectivity index (χ3n) is 3.20. The van der Waals surface area contributed by atoms with Crippen molar-refractivity contribution in [3.8, 4) is 0 Å². The summed E-state index contributed by atoms with van der Waals surface area (Å²) in [5.41, 5.74) is 7.11. The first kappa shape index (κ1) is 17.8. The van der Waals surface area contributed by atoms with E-state index >= 15 is 0 Å². The third-order valence-corrected chi connectivity index (χ3v) is 4.03. The molecule has 0 aliphatic heterocycles. The molecule has 0 saturated heterocycles.